The van der Waals surface area contributed by atoms with Crippen molar-refractivity contribution in [3.05, 3.63) is 69.9 Å². The van der Waals surface area contributed by atoms with E-state index in [4.69, 9.17) is 4.74 Å². The Bertz CT molecular complexity index is 937. The third-order valence-electron chi connectivity index (χ3n) is 4.59. The molecule has 6 heteroatoms. The highest BCUT2D eigenvalue weighted by Gasteiger charge is 2.22. The molecule has 1 aromatic carbocycles. The minimum Gasteiger partial charge on any atom is -0.485 e. The maximum atomic E-state index is 12.8. The fourth-order valence-corrected chi connectivity index (χ4v) is 3.93. The minimum atomic E-state index is 0.0997. The average Bonchev–Trinajstić information content (AvgIpc) is 3.14. The van der Waals surface area contributed by atoms with E-state index in [9.17, 15) is 4.79 Å². The third kappa shape index (κ3) is 4.17. The maximum absolute atomic E-state index is 12.8. The number of hydrogen-bond donors (Lipinski definition) is 0. The number of nitrogens with zero attached hydrogens (tertiary/aromatic N) is 3. The molecular formula is C21H21N3O2S. The number of ether oxygens (including phenoxy) is 1. The van der Waals surface area contributed by atoms with E-state index in [0.717, 1.165) is 47.2 Å². The molecule has 0 unspecified atom stereocenters. The Balaban J connectivity index is 1.38. The van der Waals surface area contributed by atoms with Crippen molar-refractivity contribution < 1.29 is 9.53 Å². The van der Waals surface area contributed by atoms with Gasteiger partial charge in [-0.2, -0.15) is 0 Å². The highest BCUT2D eigenvalue weighted by molar-refractivity contribution is 7.09. The molecule has 0 atom stereocenters. The first-order valence-electron chi connectivity index (χ1n) is 9.06. The van der Waals surface area contributed by atoms with Gasteiger partial charge in [0.05, 0.1) is 18.3 Å². The predicted octanol–water partition coefficient (Wildman–Crippen LogP) is 3.95. The van der Waals surface area contributed by atoms with Gasteiger partial charge in [-0.1, -0.05) is 18.2 Å². The first kappa shape index (κ1) is 17.7. The van der Waals surface area contributed by atoms with E-state index in [-0.39, 0.29) is 5.91 Å². The lowest BCUT2D eigenvalue weighted by atomic mass is 10.0. The summed E-state index contributed by atoms with van der Waals surface area (Å²) in [6, 6.07) is 12.0. The number of aromatic nitrogens is 2. The lowest BCUT2D eigenvalue weighted by Crippen LogP contribution is -2.36. The quantitative estimate of drug-likeness (QED) is 0.674. The van der Waals surface area contributed by atoms with Crippen LogP contribution in [0.4, 0.5) is 5.69 Å². The van der Waals surface area contributed by atoms with E-state index in [2.05, 4.69) is 16.0 Å². The summed E-state index contributed by atoms with van der Waals surface area (Å²) in [5, 5.41) is 2.80. The number of carbonyl (C=O) groups is 1. The van der Waals surface area contributed by atoms with Crippen molar-refractivity contribution in [1.29, 1.82) is 0 Å². The van der Waals surface area contributed by atoms with Gasteiger partial charge < -0.3 is 9.64 Å². The molecule has 0 aliphatic carbocycles. The number of pyridine rings is 1. The lowest BCUT2D eigenvalue weighted by Gasteiger charge is -2.29. The van der Waals surface area contributed by atoms with Crippen LogP contribution in [-0.4, -0.2) is 22.4 Å². The number of fused-ring (bicyclic) bond motifs is 1. The summed E-state index contributed by atoms with van der Waals surface area (Å²) in [6.07, 6.45) is 4.06. The fraction of sp³-hybridized carbons (Fsp3) is 0.286. The first-order chi connectivity index (χ1) is 13.2. The first-order valence-corrected chi connectivity index (χ1v) is 9.94. The topological polar surface area (TPSA) is 55.3 Å². The zero-order chi connectivity index (χ0) is 18.6. The molecule has 0 N–H and O–H groups in total. The smallest absolute Gasteiger partial charge is 0.233 e. The summed E-state index contributed by atoms with van der Waals surface area (Å²) in [7, 11) is 0. The SMILES string of the molecule is Cc1ccc(OCc2nc(CC(=O)N3CCCc4ccccc43)cs2)cn1. The molecule has 0 fully saturated rings. The monoisotopic (exact) mass is 379 g/mol. The van der Waals surface area contributed by atoms with Crippen molar-refractivity contribution in [3.63, 3.8) is 0 Å². The molecular weight excluding hydrogens is 358 g/mol. The number of thiazole rings is 1. The minimum absolute atomic E-state index is 0.0997. The number of anilines is 1. The van der Waals surface area contributed by atoms with Crippen molar-refractivity contribution >= 4 is 22.9 Å². The molecule has 0 saturated heterocycles. The van der Waals surface area contributed by atoms with Crippen LogP contribution < -0.4 is 9.64 Å². The Kier molecular flexibility index (Phi) is 5.16. The van der Waals surface area contributed by atoms with Gasteiger partial charge in [-0.25, -0.2) is 4.98 Å². The van der Waals surface area contributed by atoms with Crippen LogP contribution in [0.5, 0.6) is 5.75 Å². The van der Waals surface area contributed by atoms with Crippen LogP contribution in [0.15, 0.2) is 48.0 Å². The van der Waals surface area contributed by atoms with E-state index in [1.807, 2.05) is 47.5 Å². The van der Waals surface area contributed by atoms with Crippen molar-refractivity contribution in [2.75, 3.05) is 11.4 Å². The van der Waals surface area contributed by atoms with Crippen LogP contribution in [-0.2, 0) is 24.2 Å². The Morgan fingerprint density at radius 1 is 1.26 bits per heavy atom. The van der Waals surface area contributed by atoms with Crippen molar-refractivity contribution in [3.8, 4) is 5.75 Å². The lowest BCUT2D eigenvalue weighted by molar-refractivity contribution is -0.118. The highest BCUT2D eigenvalue weighted by atomic mass is 32.1. The zero-order valence-corrected chi connectivity index (χ0v) is 16.0. The number of aryl methyl sites for hydroxylation is 2. The maximum Gasteiger partial charge on any atom is 0.233 e. The Hall–Kier alpha value is -2.73. The highest BCUT2D eigenvalue weighted by Crippen LogP contribution is 2.27. The zero-order valence-electron chi connectivity index (χ0n) is 15.2. The second kappa shape index (κ2) is 7.88. The van der Waals surface area contributed by atoms with E-state index >= 15 is 0 Å². The number of benzene rings is 1. The van der Waals surface area contributed by atoms with Gasteiger partial charge in [-0.3, -0.25) is 9.78 Å². The number of carbonyl (C=O) groups excluding carboxylic acids is 1. The molecule has 0 bridgehead atoms. The van der Waals surface area contributed by atoms with E-state index < -0.39 is 0 Å². The summed E-state index contributed by atoms with van der Waals surface area (Å²) in [5.74, 6) is 0.820. The van der Waals surface area contributed by atoms with Gasteiger partial charge >= 0.3 is 0 Å². The van der Waals surface area contributed by atoms with Gasteiger partial charge in [-0.05, 0) is 43.5 Å². The normalized spacial score (nSPS) is 13.3. The molecule has 138 valence electrons. The fourth-order valence-electron chi connectivity index (χ4n) is 3.22. The average molecular weight is 379 g/mol. The largest absolute Gasteiger partial charge is 0.485 e. The van der Waals surface area contributed by atoms with Crippen LogP contribution in [0, 0.1) is 6.92 Å². The number of rotatable bonds is 5. The van der Waals surface area contributed by atoms with Gasteiger partial charge in [-0.15, -0.1) is 11.3 Å². The summed E-state index contributed by atoms with van der Waals surface area (Å²) in [5.41, 5.74) is 4.04. The van der Waals surface area contributed by atoms with E-state index in [0.29, 0.717) is 13.0 Å². The third-order valence-corrected chi connectivity index (χ3v) is 5.46. The van der Waals surface area contributed by atoms with Crippen LogP contribution in [0.2, 0.25) is 0 Å². The Morgan fingerprint density at radius 2 is 2.15 bits per heavy atom. The Labute approximate surface area is 162 Å². The van der Waals surface area contributed by atoms with Crippen molar-refractivity contribution in [1.82, 2.24) is 9.97 Å². The van der Waals surface area contributed by atoms with Crippen molar-refractivity contribution in [2.24, 2.45) is 0 Å². The predicted molar refractivity (Wildman–Crippen MR) is 106 cm³/mol. The molecule has 27 heavy (non-hydrogen) atoms. The van der Waals surface area contributed by atoms with Crippen LogP contribution in [0.1, 0.15) is 28.4 Å². The van der Waals surface area contributed by atoms with Gasteiger partial charge in [0.2, 0.25) is 5.91 Å². The van der Waals surface area contributed by atoms with Gasteiger partial charge in [0.25, 0.3) is 0 Å². The molecule has 3 aromatic rings. The molecule has 2 aromatic heterocycles. The molecule has 1 aliphatic rings. The summed E-state index contributed by atoms with van der Waals surface area (Å²) in [6.45, 7) is 3.10. The molecule has 1 amide bonds. The van der Waals surface area contributed by atoms with Crippen molar-refractivity contribution in [2.45, 2.75) is 32.8 Å². The van der Waals surface area contributed by atoms with Crippen LogP contribution in [0.25, 0.3) is 0 Å². The molecule has 0 saturated carbocycles. The van der Waals surface area contributed by atoms with E-state index in [1.165, 1.54) is 16.9 Å². The van der Waals surface area contributed by atoms with Gasteiger partial charge in [0.15, 0.2) is 0 Å². The van der Waals surface area contributed by atoms with Crippen LogP contribution in [0.3, 0.4) is 0 Å². The summed E-state index contributed by atoms with van der Waals surface area (Å²) >= 11 is 1.52. The number of para-hydroxylation sites is 1. The summed E-state index contributed by atoms with van der Waals surface area (Å²) in [4.78, 5) is 23.5. The van der Waals surface area contributed by atoms with Gasteiger partial charge in [0, 0.05) is 23.3 Å². The standard InChI is InChI=1S/C21H21N3O2S/c1-15-8-9-18(12-22-15)26-13-20-23-17(14-27-20)11-21(25)24-10-4-6-16-5-2-3-7-19(16)24/h2-3,5,7-9,12,14H,4,6,10-11,13H2,1H3. The molecule has 0 radical (unpaired) electrons. The number of amides is 1. The molecule has 5 nitrogen and oxygen atoms in total. The van der Waals surface area contributed by atoms with E-state index in [1.54, 1.807) is 6.20 Å². The second-order valence-corrected chi connectivity index (χ2v) is 7.55. The van der Waals surface area contributed by atoms with Crippen LogP contribution >= 0.6 is 11.3 Å². The molecule has 4 rings (SSSR count). The second-order valence-electron chi connectivity index (χ2n) is 6.61. The summed E-state index contributed by atoms with van der Waals surface area (Å²) < 4.78 is 5.72. The Morgan fingerprint density at radius 3 is 3.00 bits per heavy atom. The molecule has 1 aliphatic heterocycles. The molecule has 0 spiro atoms. The molecule has 3 heterocycles. The number of hydrogen-bond acceptors (Lipinski definition) is 5. The van der Waals surface area contributed by atoms with Gasteiger partial charge in [0.1, 0.15) is 17.4 Å².